The van der Waals surface area contributed by atoms with Gasteiger partial charge in [-0.3, -0.25) is 9.69 Å². The lowest BCUT2D eigenvalue weighted by atomic mass is 10.1. The third-order valence-electron chi connectivity index (χ3n) is 4.45. The van der Waals surface area contributed by atoms with Crippen LogP contribution < -0.4 is 5.32 Å². The van der Waals surface area contributed by atoms with Crippen molar-refractivity contribution in [3.8, 4) is 0 Å². The molecule has 24 heavy (non-hydrogen) atoms. The van der Waals surface area contributed by atoms with E-state index in [9.17, 15) is 9.90 Å². The minimum atomic E-state index is -0.673. The van der Waals surface area contributed by atoms with Gasteiger partial charge in [-0.25, -0.2) is 0 Å². The van der Waals surface area contributed by atoms with Gasteiger partial charge in [0.05, 0.1) is 6.04 Å². The number of aliphatic hydroxyl groups excluding tert-OH is 1. The lowest BCUT2D eigenvalue weighted by Gasteiger charge is -2.19. The van der Waals surface area contributed by atoms with E-state index >= 15 is 0 Å². The average Bonchev–Trinajstić information content (AvgIpc) is 2.96. The minimum absolute atomic E-state index is 0.0248. The van der Waals surface area contributed by atoms with Crippen LogP contribution in [0.4, 0.5) is 0 Å². The Bertz CT molecular complexity index is 744. The predicted molar refractivity (Wildman–Crippen MR) is 95.1 cm³/mol. The van der Waals surface area contributed by atoms with Crippen molar-refractivity contribution in [2.24, 2.45) is 0 Å². The Morgan fingerprint density at radius 2 is 1.96 bits per heavy atom. The molecule has 3 rings (SSSR count). The van der Waals surface area contributed by atoms with Crippen LogP contribution in [0.15, 0.2) is 42.5 Å². The third-order valence-corrected chi connectivity index (χ3v) is 4.68. The average molecular weight is 345 g/mol. The van der Waals surface area contributed by atoms with Crippen molar-refractivity contribution >= 4 is 17.5 Å². The van der Waals surface area contributed by atoms with Crippen LogP contribution in [0.3, 0.4) is 0 Å². The zero-order valence-electron chi connectivity index (χ0n) is 13.8. The number of benzene rings is 2. The van der Waals surface area contributed by atoms with E-state index in [1.807, 2.05) is 18.2 Å². The summed E-state index contributed by atoms with van der Waals surface area (Å²) in [6.07, 6.45) is 1.14. The fraction of sp³-hybridized carbons (Fsp3) is 0.316. The van der Waals surface area contributed by atoms with Crippen LogP contribution in [-0.4, -0.2) is 30.0 Å². The molecule has 0 aliphatic heterocycles. The minimum Gasteiger partial charge on any atom is -0.374 e. The first-order valence-corrected chi connectivity index (χ1v) is 8.37. The van der Waals surface area contributed by atoms with Crippen molar-refractivity contribution in [3.05, 3.63) is 69.7 Å². The van der Waals surface area contributed by atoms with Crippen LogP contribution in [0, 0.1) is 0 Å². The van der Waals surface area contributed by atoms with E-state index in [2.05, 4.69) is 5.32 Å². The molecule has 4 nitrogen and oxygen atoms in total. The molecule has 1 unspecified atom stereocenters. The number of hydrogen-bond acceptors (Lipinski definition) is 3. The highest BCUT2D eigenvalue weighted by molar-refractivity contribution is 6.30. The third kappa shape index (κ3) is 3.46. The molecule has 0 aromatic heterocycles. The second-order valence-electron chi connectivity index (χ2n) is 6.37. The molecule has 0 heterocycles. The summed E-state index contributed by atoms with van der Waals surface area (Å²) >= 11 is 6.02. The summed E-state index contributed by atoms with van der Waals surface area (Å²) in [5.74, 6) is -0.103. The van der Waals surface area contributed by atoms with E-state index in [1.54, 1.807) is 43.3 Å². The molecule has 2 aromatic rings. The quantitative estimate of drug-likeness (QED) is 0.837. The number of carbonyl (C=O) groups excluding carboxylic acids is 1. The lowest BCUT2D eigenvalue weighted by molar-refractivity contribution is 0.0395. The zero-order valence-corrected chi connectivity index (χ0v) is 14.5. The van der Waals surface area contributed by atoms with E-state index in [4.69, 9.17) is 11.6 Å². The van der Waals surface area contributed by atoms with Crippen LogP contribution in [0.5, 0.6) is 0 Å². The maximum Gasteiger partial charge on any atom is 0.251 e. The fourth-order valence-electron chi connectivity index (χ4n) is 3.08. The number of hydrogen-bond donors (Lipinski definition) is 2. The first-order valence-electron chi connectivity index (χ1n) is 7.99. The van der Waals surface area contributed by atoms with Gasteiger partial charge >= 0.3 is 0 Å². The molecular weight excluding hydrogens is 324 g/mol. The number of rotatable bonds is 4. The Balaban J connectivity index is 1.70. The molecule has 126 valence electrons. The number of halogens is 1. The maximum absolute atomic E-state index is 12.5. The molecule has 2 N–H and O–H groups in total. The molecule has 0 radical (unpaired) electrons. The summed E-state index contributed by atoms with van der Waals surface area (Å²) in [5, 5.41) is 13.8. The van der Waals surface area contributed by atoms with Crippen molar-refractivity contribution < 1.29 is 9.90 Å². The Hall–Kier alpha value is -1.88. The first-order chi connectivity index (χ1) is 11.5. The number of nitrogens with zero attached hydrogens (tertiary/aromatic N) is 1. The Morgan fingerprint density at radius 3 is 2.62 bits per heavy atom. The normalized spacial score (nSPS) is 17.6. The molecule has 0 saturated carbocycles. The molecular formula is C19H21ClN2O2. The number of aliphatic hydroxyl groups is 1. The van der Waals surface area contributed by atoms with Gasteiger partial charge in [0.1, 0.15) is 6.23 Å². The van der Waals surface area contributed by atoms with Crippen molar-refractivity contribution in [1.82, 2.24) is 10.2 Å². The molecule has 5 heteroatoms. The van der Waals surface area contributed by atoms with Crippen LogP contribution >= 0.6 is 11.6 Å². The van der Waals surface area contributed by atoms with Gasteiger partial charge in [-0.1, -0.05) is 29.8 Å². The Morgan fingerprint density at radius 1 is 1.25 bits per heavy atom. The number of carbonyl (C=O) groups is 1. The van der Waals surface area contributed by atoms with Gasteiger partial charge in [0.25, 0.3) is 5.91 Å². The van der Waals surface area contributed by atoms with Gasteiger partial charge < -0.3 is 10.4 Å². The number of nitrogens with one attached hydrogen (secondary N) is 1. The monoisotopic (exact) mass is 344 g/mol. The molecule has 2 atom stereocenters. The molecule has 0 fully saturated rings. The summed E-state index contributed by atoms with van der Waals surface area (Å²) in [5.41, 5.74) is 3.70. The highest BCUT2D eigenvalue weighted by atomic mass is 35.5. The van der Waals surface area contributed by atoms with Gasteiger partial charge in [0.2, 0.25) is 0 Å². The first kappa shape index (κ1) is 17.0. The van der Waals surface area contributed by atoms with Gasteiger partial charge in [0, 0.05) is 10.6 Å². The number of amides is 1. The highest BCUT2D eigenvalue weighted by Gasteiger charge is 2.24. The predicted octanol–water partition coefficient (Wildman–Crippen LogP) is 3.31. The SMILES string of the molecule is CN(C)C(O)c1ccc(C(=O)N[C@@H]2CCc3cc(Cl)ccc32)cc1. The Labute approximate surface area is 147 Å². The number of aryl methyl sites for hydroxylation is 1. The maximum atomic E-state index is 12.5. The zero-order chi connectivity index (χ0) is 17.3. The van der Waals surface area contributed by atoms with Crippen molar-refractivity contribution in [2.45, 2.75) is 25.1 Å². The van der Waals surface area contributed by atoms with Gasteiger partial charge in [-0.15, -0.1) is 0 Å². The van der Waals surface area contributed by atoms with Crippen LogP contribution in [0.1, 0.15) is 45.7 Å². The largest absolute Gasteiger partial charge is 0.374 e. The molecule has 0 spiro atoms. The standard InChI is InChI=1S/C19H21ClN2O2/c1-22(2)19(24)13-5-3-12(4-6-13)18(23)21-17-10-7-14-11-15(20)8-9-16(14)17/h3-6,8-9,11,17,19,24H,7,10H2,1-2H3,(H,21,23)/t17-,19?/m1/s1. The van der Waals surface area contributed by atoms with E-state index in [-0.39, 0.29) is 11.9 Å². The molecule has 1 aliphatic carbocycles. The van der Waals surface area contributed by atoms with Crippen molar-refractivity contribution in [2.75, 3.05) is 14.1 Å². The van der Waals surface area contributed by atoms with Gasteiger partial charge in [-0.05, 0) is 67.9 Å². The van der Waals surface area contributed by atoms with Crippen LogP contribution in [-0.2, 0) is 6.42 Å². The van der Waals surface area contributed by atoms with Crippen molar-refractivity contribution in [3.63, 3.8) is 0 Å². The summed E-state index contributed by atoms with van der Waals surface area (Å²) < 4.78 is 0. The molecule has 0 bridgehead atoms. The summed E-state index contributed by atoms with van der Waals surface area (Å²) in [4.78, 5) is 14.2. The number of fused-ring (bicyclic) bond motifs is 1. The second kappa shape index (κ2) is 6.93. The van der Waals surface area contributed by atoms with Gasteiger partial charge in [0.15, 0.2) is 0 Å². The molecule has 1 amide bonds. The molecule has 0 saturated heterocycles. The van der Waals surface area contributed by atoms with E-state index < -0.39 is 6.23 Å². The lowest BCUT2D eigenvalue weighted by Crippen LogP contribution is -2.27. The summed E-state index contributed by atoms with van der Waals surface area (Å²) in [7, 11) is 3.60. The van der Waals surface area contributed by atoms with E-state index in [0.717, 1.165) is 29.0 Å². The Kier molecular flexibility index (Phi) is 4.90. The van der Waals surface area contributed by atoms with E-state index in [1.165, 1.54) is 5.56 Å². The van der Waals surface area contributed by atoms with Gasteiger partial charge in [-0.2, -0.15) is 0 Å². The summed E-state index contributed by atoms with van der Waals surface area (Å²) in [6, 6.07) is 12.9. The van der Waals surface area contributed by atoms with Crippen LogP contribution in [0.2, 0.25) is 5.02 Å². The fourth-order valence-corrected chi connectivity index (χ4v) is 3.28. The molecule has 2 aromatic carbocycles. The highest BCUT2D eigenvalue weighted by Crippen LogP contribution is 2.33. The van der Waals surface area contributed by atoms with Crippen molar-refractivity contribution in [1.29, 1.82) is 0 Å². The smallest absolute Gasteiger partial charge is 0.251 e. The van der Waals surface area contributed by atoms with E-state index in [0.29, 0.717) is 5.56 Å². The topological polar surface area (TPSA) is 52.6 Å². The van der Waals surface area contributed by atoms with Crippen LogP contribution in [0.25, 0.3) is 0 Å². The second-order valence-corrected chi connectivity index (χ2v) is 6.80. The molecule has 1 aliphatic rings. The summed E-state index contributed by atoms with van der Waals surface area (Å²) in [6.45, 7) is 0.